The molecule has 0 spiro atoms. The number of primary amides is 1. The molecule has 0 bridgehead atoms. The molecule has 4 aromatic rings. The standard InChI is InChI=1S/C24H29N9O2/c1-16(2)32-15-27-20-21(26-13-17-7-3-4-9-19(17)33-12-6-10-28-33)29-24(30-22(20)32)31-11-5-8-18(14-31)35-23(25)34/h3-4,6-7,9-10,12,15-16,18H,5,8,11,13-14H2,1-2H3,(H2,25,34)(H,26,29,30)/t18-/m0/s1. The van der Waals surface area contributed by atoms with Crippen molar-refractivity contribution in [1.82, 2.24) is 29.3 Å². The molecule has 1 aliphatic heterocycles. The first-order valence-corrected chi connectivity index (χ1v) is 11.8. The van der Waals surface area contributed by atoms with Gasteiger partial charge < -0.3 is 25.3 Å². The third kappa shape index (κ3) is 4.75. The minimum Gasteiger partial charge on any atom is -0.445 e. The van der Waals surface area contributed by atoms with Crippen molar-refractivity contribution in [3.8, 4) is 5.69 Å². The summed E-state index contributed by atoms with van der Waals surface area (Å²) >= 11 is 0. The van der Waals surface area contributed by atoms with E-state index in [0.29, 0.717) is 30.4 Å². The molecule has 0 unspecified atom stereocenters. The number of carbonyl (C=O) groups excluding carboxylic acids is 1. The van der Waals surface area contributed by atoms with Crippen LogP contribution in [0, 0.1) is 0 Å². The minimum atomic E-state index is -0.760. The number of fused-ring (bicyclic) bond motifs is 1. The van der Waals surface area contributed by atoms with E-state index in [1.54, 1.807) is 12.5 Å². The van der Waals surface area contributed by atoms with Crippen LogP contribution in [0.5, 0.6) is 0 Å². The molecule has 11 heteroatoms. The number of rotatable bonds is 7. The van der Waals surface area contributed by atoms with Crippen LogP contribution in [0.3, 0.4) is 0 Å². The molecule has 182 valence electrons. The molecule has 11 nitrogen and oxygen atoms in total. The van der Waals surface area contributed by atoms with Gasteiger partial charge in [0.1, 0.15) is 6.10 Å². The van der Waals surface area contributed by atoms with Crippen molar-refractivity contribution in [1.29, 1.82) is 0 Å². The van der Waals surface area contributed by atoms with Gasteiger partial charge in [-0.1, -0.05) is 18.2 Å². The molecule has 35 heavy (non-hydrogen) atoms. The highest BCUT2D eigenvalue weighted by molar-refractivity contribution is 5.84. The van der Waals surface area contributed by atoms with Crippen LogP contribution >= 0.6 is 0 Å². The minimum absolute atomic E-state index is 0.184. The van der Waals surface area contributed by atoms with Crippen molar-refractivity contribution in [3.05, 3.63) is 54.6 Å². The maximum Gasteiger partial charge on any atom is 0.404 e. The number of ether oxygens (including phenoxy) is 1. The van der Waals surface area contributed by atoms with Crippen molar-refractivity contribution < 1.29 is 9.53 Å². The average molecular weight is 476 g/mol. The zero-order valence-corrected chi connectivity index (χ0v) is 19.8. The lowest BCUT2D eigenvalue weighted by molar-refractivity contribution is 0.0963. The molecule has 4 heterocycles. The van der Waals surface area contributed by atoms with Crippen LogP contribution in [0.2, 0.25) is 0 Å². The molecule has 1 amide bonds. The number of nitrogens with two attached hydrogens (primary N) is 1. The fourth-order valence-electron chi connectivity index (χ4n) is 4.40. The Morgan fingerprint density at radius 2 is 2.11 bits per heavy atom. The van der Waals surface area contributed by atoms with Gasteiger partial charge in [-0.25, -0.2) is 14.5 Å². The highest BCUT2D eigenvalue weighted by Crippen LogP contribution is 2.27. The Hall–Kier alpha value is -4.15. The number of nitrogens with zero attached hydrogens (tertiary/aromatic N) is 7. The second-order valence-electron chi connectivity index (χ2n) is 8.87. The molecule has 1 fully saturated rings. The van der Waals surface area contributed by atoms with Crippen LogP contribution in [-0.4, -0.2) is 54.6 Å². The predicted octanol–water partition coefficient (Wildman–Crippen LogP) is 3.27. The Bertz CT molecular complexity index is 1320. The van der Waals surface area contributed by atoms with Crippen molar-refractivity contribution in [2.75, 3.05) is 23.3 Å². The number of hydrogen-bond acceptors (Lipinski definition) is 8. The molecule has 0 aliphatic carbocycles. The van der Waals surface area contributed by atoms with E-state index in [1.165, 1.54) is 0 Å². The Kier molecular flexibility index (Phi) is 6.21. The number of amides is 1. The highest BCUT2D eigenvalue weighted by atomic mass is 16.6. The van der Waals surface area contributed by atoms with E-state index in [9.17, 15) is 4.79 Å². The van der Waals surface area contributed by atoms with Gasteiger partial charge in [-0.15, -0.1) is 0 Å². The number of carbonyl (C=O) groups is 1. The molecule has 5 rings (SSSR count). The number of anilines is 2. The molecule has 1 saturated heterocycles. The average Bonchev–Trinajstić information content (AvgIpc) is 3.53. The van der Waals surface area contributed by atoms with E-state index in [1.807, 2.05) is 44.6 Å². The number of piperidine rings is 1. The van der Waals surface area contributed by atoms with Crippen LogP contribution in [0.4, 0.5) is 16.6 Å². The Balaban J connectivity index is 1.48. The number of nitrogens with one attached hydrogen (secondary N) is 1. The van der Waals surface area contributed by atoms with Crippen molar-refractivity contribution in [2.45, 2.75) is 45.4 Å². The second-order valence-corrected chi connectivity index (χ2v) is 8.87. The summed E-state index contributed by atoms with van der Waals surface area (Å²) in [4.78, 5) is 27.6. The van der Waals surface area contributed by atoms with E-state index in [-0.39, 0.29) is 12.1 Å². The van der Waals surface area contributed by atoms with Crippen LogP contribution in [0.15, 0.2) is 49.1 Å². The van der Waals surface area contributed by atoms with Gasteiger partial charge in [0, 0.05) is 31.5 Å². The highest BCUT2D eigenvalue weighted by Gasteiger charge is 2.26. The molecular formula is C24H29N9O2. The number of imidazole rings is 1. The van der Waals surface area contributed by atoms with Crippen LogP contribution in [-0.2, 0) is 11.3 Å². The lowest BCUT2D eigenvalue weighted by Gasteiger charge is -2.32. The summed E-state index contributed by atoms with van der Waals surface area (Å²) in [6, 6.07) is 10.2. The second kappa shape index (κ2) is 9.61. The van der Waals surface area contributed by atoms with Crippen LogP contribution in [0.1, 0.15) is 38.3 Å². The van der Waals surface area contributed by atoms with Gasteiger partial charge in [0.05, 0.1) is 18.6 Å². The number of benzene rings is 1. The van der Waals surface area contributed by atoms with E-state index in [4.69, 9.17) is 20.4 Å². The lowest BCUT2D eigenvalue weighted by atomic mass is 10.1. The van der Waals surface area contributed by atoms with Gasteiger partial charge in [0.25, 0.3) is 0 Å². The molecule has 1 atom stereocenters. The Labute approximate surface area is 202 Å². The molecule has 0 saturated carbocycles. The molecule has 3 aromatic heterocycles. The maximum absolute atomic E-state index is 11.3. The normalized spacial score (nSPS) is 16.1. The van der Waals surface area contributed by atoms with E-state index >= 15 is 0 Å². The van der Waals surface area contributed by atoms with Gasteiger partial charge in [-0.3, -0.25) is 0 Å². The van der Waals surface area contributed by atoms with Gasteiger partial charge >= 0.3 is 6.09 Å². The molecule has 3 N–H and O–H groups in total. The summed E-state index contributed by atoms with van der Waals surface area (Å²) in [7, 11) is 0. The quantitative estimate of drug-likeness (QED) is 0.417. The largest absolute Gasteiger partial charge is 0.445 e. The molecular weight excluding hydrogens is 446 g/mol. The fourth-order valence-corrected chi connectivity index (χ4v) is 4.40. The topological polar surface area (TPSA) is 129 Å². The monoisotopic (exact) mass is 475 g/mol. The molecule has 1 aromatic carbocycles. The summed E-state index contributed by atoms with van der Waals surface area (Å²) in [5.41, 5.74) is 8.77. The van der Waals surface area contributed by atoms with Crippen LogP contribution < -0.4 is 16.0 Å². The van der Waals surface area contributed by atoms with Crippen molar-refractivity contribution >= 4 is 29.0 Å². The maximum atomic E-state index is 11.3. The number of aromatic nitrogens is 6. The number of hydrogen-bond donors (Lipinski definition) is 2. The summed E-state index contributed by atoms with van der Waals surface area (Å²) in [5, 5.41) is 7.86. The van der Waals surface area contributed by atoms with E-state index in [0.717, 1.165) is 36.3 Å². The van der Waals surface area contributed by atoms with E-state index < -0.39 is 6.09 Å². The van der Waals surface area contributed by atoms with Gasteiger partial charge in [0.15, 0.2) is 17.0 Å². The Morgan fingerprint density at radius 1 is 1.26 bits per heavy atom. The summed E-state index contributed by atoms with van der Waals surface area (Å²) < 4.78 is 9.14. The third-order valence-corrected chi connectivity index (χ3v) is 6.10. The van der Waals surface area contributed by atoms with Gasteiger partial charge in [0.2, 0.25) is 5.95 Å². The lowest BCUT2D eigenvalue weighted by Crippen LogP contribution is -2.42. The third-order valence-electron chi connectivity index (χ3n) is 6.10. The first-order valence-electron chi connectivity index (χ1n) is 11.8. The Morgan fingerprint density at radius 3 is 2.89 bits per heavy atom. The summed E-state index contributed by atoms with van der Waals surface area (Å²) in [6.45, 7) is 5.97. The first kappa shape index (κ1) is 22.6. The smallest absolute Gasteiger partial charge is 0.404 e. The van der Waals surface area contributed by atoms with Gasteiger partial charge in [-0.2, -0.15) is 15.1 Å². The predicted molar refractivity (Wildman–Crippen MR) is 133 cm³/mol. The van der Waals surface area contributed by atoms with Crippen molar-refractivity contribution in [2.24, 2.45) is 5.73 Å². The van der Waals surface area contributed by atoms with Gasteiger partial charge in [-0.05, 0) is 44.4 Å². The van der Waals surface area contributed by atoms with Crippen molar-refractivity contribution in [3.63, 3.8) is 0 Å². The fraction of sp³-hybridized carbons (Fsp3) is 0.375. The SMILES string of the molecule is CC(C)n1cnc2c(NCc3ccccc3-n3cccn3)nc(N3CCC[C@H](OC(N)=O)C3)nc21. The number of para-hydroxylation sites is 1. The first-order chi connectivity index (χ1) is 17.0. The summed E-state index contributed by atoms with van der Waals surface area (Å²) in [5.74, 6) is 1.22. The zero-order valence-electron chi connectivity index (χ0n) is 19.8. The molecule has 1 aliphatic rings. The zero-order chi connectivity index (χ0) is 24.4. The summed E-state index contributed by atoms with van der Waals surface area (Å²) in [6.07, 6.45) is 6.05. The van der Waals surface area contributed by atoms with E-state index in [2.05, 4.69) is 35.3 Å². The molecule has 0 radical (unpaired) electrons. The van der Waals surface area contributed by atoms with Crippen LogP contribution in [0.25, 0.3) is 16.9 Å².